The standard InChI is InChI=1S/C12H12N4O2S/c1-7-11(14-12(19)16-15-7)13-5-8-2-3-9-10(4-8)18-6-17-9/h2-4H,5-6H2,1H3,(H2,13,14,16,19). The van der Waals surface area contributed by atoms with Crippen molar-refractivity contribution in [2.75, 3.05) is 12.1 Å². The highest BCUT2D eigenvalue weighted by Gasteiger charge is 2.13. The quantitative estimate of drug-likeness (QED) is 0.837. The number of hydrogen-bond acceptors (Lipinski definition) is 6. The van der Waals surface area contributed by atoms with E-state index in [-0.39, 0.29) is 6.79 Å². The lowest BCUT2D eigenvalue weighted by molar-refractivity contribution is 0.174. The fourth-order valence-corrected chi connectivity index (χ4v) is 1.93. The third kappa shape index (κ3) is 2.50. The van der Waals surface area contributed by atoms with Gasteiger partial charge in [0.05, 0.1) is 5.69 Å². The zero-order chi connectivity index (χ0) is 13.2. The van der Waals surface area contributed by atoms with Gasteiger partial charge in [-0.3, -0.25) is 5.10 Å². The molecular weight excluding hydrogens is 264 g/mol. The van der Waals surface area contributed by atoms with Gasteiger partial charge in [0, 0.05) is 6.54 Å². The Labute approximate surface area is 114 Å². The summed E-state index contributed by atoms with van der Waals surface area (Å²) in [6.45, 7) is 2.76. The maximum absolute atomic E-state index is 5.33. The van der Waals surface area contributed by atoms with Crippen LogP contribution < -0.4 is 14.8 Å². The number of nitrogens with one attached hydrogen (secondary N) is 2. The summed E-state index contributed by atoms with van der Waals surface area (Å²) in [5.41, 5.74) is 1.85. The van der Waals surface area contributed by atoms with E-state index in [4.69, 9.17) is 21.7 Å². The van der Waals surface area contributed by atoms with Crippen molar-refractivity contribution in [3.8, 4) is 11.5 Å². The van der Waals surface area contributed by atoms with Crippen LogP contribution in [-0.2, 0) is 6.54 Å². The Bertz CT molecular complexity index is 671. The number of ether oxygens (including phenoxy) is 2. The Morgan fingerprint density at radius 1 is 1.37 bits per heavy atom. The van der Waals surface area contributed by atoms with Gasteiger partial charge in [-0.05, 0) is 36.8 Å². The van der Waals surface area contributed by atoms with Crippen molar-refractivity contribution in [3.63, 3.8) is 0 Å². The Hall–Kier alpha value is -2.15. The summed E-state index contributed by atoms with van der Waals surface area (Å²) in [6.07, 6.45) is 0. The molecule has 1 aliphatic heterocycles. The molecule has 2 aromatic rings. The lowest BCUT2D eigenvalue weighted by atomic mass is 10.2. The molecule has 2 N–H and O–H groups in total. The first kappa shape index (κ1) is 11.9. The van der Waals surface area contributed by atoms with Crippen LogP contribution in [0.2, 0.25) is 0 Å². The zero-order valence-corrected chi connectivity index (χ0v) is 11.1. The molecule has 1 aliphatic rings. The average molecular weight is 276 g/mol. The van der Waals surface area contributed by atoms with Crippen molar-refractivity contribution in [1.29, 1.82) is 0 Å². The van der Waals surface area contributed by atoms with Crippen molar-refractivity contribution >= 4 is 18.0 Å². The minimum atomic E-state index is 0.282. The van der Waals surface area contributed by atoms with E-state index in [0.29, 0.717) is 17.1 Å². The molecular formula is C12H12N4O2S. The van der Waals surface area contributed by atoms with Gasteiger partial charge < -0.3 is 14.8 Å². The second-order valence-electron chi connectivity index (χ2n) is 4.12. The summed E-state index contributed by atoms with van der Waals surface area (Å²) in [5, 5.41) is 9.90. The molecule has 7 heteroatoms. The predicted octanol–water partition coefficient (Wildman–Crippen LogP) is 2.18. The molecule has 19 heavy (non-hydrogen) atoms. The maximum Gasteiger partial charge on any atom is 0.231 e. The molecule has 0 spiro atoms. The van der Waals surface area contributed by atoms with Crippen molar-refractivity contribution in [2.24, 2.45) is 0 Å². The maximum atomic E-state index is 5.33. The SMILES string of the molecule is Cc1n[nH]c(=S)nc1NCc1ccc2c(c1)OCO2. The smallest absolute Gasteiger partial charge is 0.231 e. The zero-order valence-electron chi connectivity index (χ0n) is 10.3. The van der Waals surface area contributed by atoms with E-state index in [0.717, 1.165) is 22.8 Å². The first-order valence-corrected chi connectivity index (χ1v) is 6.19. The van der Waals surface area contributed by atoms with Crippen molar-refractivity contribution in [3.05, 3.63) is 34.2 Å². The summed E-state index contributed by atoms with van der Waals surface area (Å²) in [7, 11) is 0. The van der Waals surface area contributed by atoms with Crippen LogP contribution in [0.5, 0.6) is 11.5 Å². The Morgan fingerprint density at radius 3 is 3.11 bits per heavy atom. The van der Waals surface area contributed by atoms with Crippen LogP contribution in [0.25, 0.3) is 0 Å². The number of hydrogen-bond donors (Lipinski definition) is 2. The molecule has 1 aromatic heterocycles. The van der Waals surface area contributed by atoms with Gasteiger partial charge in [-0.25, -0.2) is 0 Å². The number of H-pyrrole nitrogens is 1. The minimum absolute atomic E-state index is 0.282. The van der Waals surface area contributed by atoms with Gasteiger partial charge in [-0.1, -0.05) is 6.07 Å². The van der Waals surface area contributed by atoms with E-state index in [2.05, 4.69) is 20.5 Å². The highest BCUT2D eigenvalue weighted by molar-refractivity contribution is 7.71. The molecule has 3 rings (SSSR count). The van der Waals surface area contributed by atoms with Crippen LogP contribution in [-0.4, -0.2) is 22.0 Å². The lowest BCUT2D eigenvalue weighted by Crippen LogP contribution is -2.05. The van der Waals surface area contributed by atoms with Gasteiger partial charge >= 0.3 is 0 Å². The molecule has 0 aliphatic carbocycles. The number of aryl methyl sites for hydroxylation is 1. The van der Waals surface area contributed by atoms with Gasteiger partial charge in [0.2, 0.25) is 11.6 Å². The number of fused-ring (bicyclic) bond motifs is 1. The normalized spacial score (nSPS) is 12.5. The summed E-state index contributed by atoms with van der Waals surface area (Å²) in [4.78, 5) is 4.19. The van der Waals surface area contributed by atoms with E-state index in [1.165, 1.54) is 0 Å². The van der Waals surface area contributed by atoms with Crippen LogP contribution in [0.1, 0.15) is 11.3 Å². The van der Waals surface area contributed by atoms with E-state index >= 15 is 0 Å². The number of anilines is 1. The molecule has 1 aromatic carbocycles. The van der Waals surface area contributed by atoms with Gasteiger partial charge in [0.15, 0.2) is 17.3 Å². The molecule has 0 saturated heterocycles. The second kappa shape index (κ2) is 4.85. The fourth-order valence-electron chi connectivity index (χ4n) is 1.80. The molecule has 0 atom stereocenters. The third-order valence-electron chi connectivity index (χ3n) is 2.77. The van der Waals surface area contributed by atoms with Crippen molar-refractivity contribution < 1.29 is 9.47 Å². The first-order valence-electron chi connectivity index (χ1n) is 5.78. The molecule has 0 saturated carbocycles. The Balaban J connectivity index is 1.75. The monoisotopic (exact) mass is 276 g/mol. The molecule has 98 valence electrons. The molecule has 0 amide bonds. The summed E-state index contributed by atoms with van der Waals surface area (Å²) >= 11 is 4.95. The van der Waals surface area contributed by atoms with Crippen LogP contribution in [0.3, 0.4) is 0 Å². The van der Waals surface area contributed by atoms with Crippen molar-refractivity contribution in [1.82, 2.24) is 15.2 Å². The molecule has 0 radical (unpaired) electrons. The number of benzene rings is 1. The second-order valence-corrected chi connectivity index (χ2v) is 4.50. The Kier molecular flexibility index (Phi) is 3.04. The fraction of sp³-hybridized carbons (Fsp3) is 0.250. The minimum Gasteiger partial charge on any atom is -0.454 e. The van der Waals surface area contributed by atoms with E-state index < -0.39 is 0 Å². The van der Waals surface area contributed by atoms with Crippen LogP contribution in [0, 0.1) is 11.7 Å². The number of rotatable bonds is 3. The Morgan fingerprint density at radius 2 is 2.21 bits per heavy atom. The number of aromatic nitrogens is 3. The summed E-state index contributed by atoms with van der Waals surface area (Å²) < 4.78 is 11.0. The lowest BCUT2D eigenvalue weighted by Gasteiger charge is -2.07. The molecule has 2 heterocycles. The van der Waals surface area contributed by atoms with Gasteiger partial charge in [0.1, 0.15) is 0 Å². The van der Waals surface area contributed by atoms with Crippen molar-refractivity contribution in [2.45, 2.75) is 13.5 Å². The van der Waals surface area contributed by atoms with E-state index in [1.54, 1.807) is 0 Å². The predicted molar refractivity (Wildman–Crippen MR) is 71.8 cm³/mol. The average Bonchev–Trinajstić information content (AvgIpc) is 2.87. The summed E-state index contributed by atoms with van der Waals surface area (Å²) in [6, 6.07) is 5.82. The van der Waals surface area contributed by atoms with E-state index in [1.807, 2.05) is 25.1 Å². The topological polar surface area (TPSA) is 72.1 Å². The summed E-state index contributed by atoms with van der Waals surface area (Å²) in [5.74, 6) is 2.23. The van der Waals surface area contributed by atoms with Gasteiger partial charge in [0.25, 0.3) is 0 Å². The van der Waals surface area contributed by atoms with Gasteiger partial charge in [-0.2, -0.15) is 10.1 Å². The number of nitrogens with zero attached hydrogens (tertiary/aromatic N) is 2. The van der Waals surface area contributed by atoms with Crippen LogP contribution in [0.15, 0.2) is 18.2 Å². The van der Waals surface area contributed by atoms with Gasteiger partial charge in [-0.15, -0.1) is 0 Å². The molecule has 0 bridgehead atoms. The largest absolute Gasteiger partial charge is 0.454 e. The first-order chi connectivity index (χ1) is 9.22. The van der Waals surface area contributed by atoms with Crippen LogP contribution in [0.4, 0.5) is 5.82 Å². The third-order valence-corrected chi connectivity index (χ3v) is 2.95. The van der Waals surface area contributed by atoms with E-state index in [9.17, 15) is 0 Å². The highest BCUT2D eigenvalue weighted by Crippen LogP contribution is 2.32. The number of aromatic amines is 1. The highest BCUT2D eigenvalue weighted by atomic mass is 32.1. The molecule has 6 nitrogen and oxygen atoms in total. The van der Waals surface area contributed by atoms with Crippen LogP contribution >= 0.6 is 12.2 Å². The molecule has 0 unspecified atom stereocenters. The molecule has 0 fully saturated rings.